The summed E-state index contributed by atoms with van der Waals surface area (Å²) in [5.74, 6) is 0.211. The van der Waals surface area contributed by atoms with E-state index in [-0.39, 0.29) is 17.4 Å². The van der Waals surface area contributed by atoms with Crippen LogP contribution in [0.25, 0.3) is 0 Å². The number of hydrogen-bond donors (Lipinski definition) is 1. The van der Waals surface area contributed by atoms with E-state index in [2.05, 4.69) is 5.32 Å². The maximum atomic E-state index is 12.1. The third-order valence-electron chi connectivity index (χ3n) is 4.45. The normalized spacial score (nSPS) is 32.6. The van der Waals surface area contributed by atoms with Gasteiger partial charge in [-0.2, -0.15) is 0 Å². The topological polar surface area (TPSA) is 64.6 Å². The minimum Gasteiger partial charge on any atom is -0.469 e. The van der Waals surface area contributed by atoms with Crippen molar-refractivity contribution in [2.75, 3.05) is 7.11 Å². The van der Waals surface area contributed by atoms with E-state index in [4.69, 9.17) is 9.47 Å². The van der Waals surface area contributed by atoms with Crippen molar-refractivity contribution >= 4 is 12.1 Å². The lowest BCUT2D eigenvalue weighted by molar-refractivity contribution is -0.154. The van der Waals surface area contributed by atoms with Crippen molar-refractivity contribution in [1.82, 2.24) is 5.32 Å². The minimum atomic E-state index is -0.501. The summed E-state index contributed by atoms with van der Waals surface area (Å²) in [7, 11) is 1.45. The fourth-order valence-electron chi connectivity index (χ4n) is 3.76. The molecule has 2 rings (SSSR count). The molecule has 0 radical (unpaired) electrons. The van der Waals surface area contributed by atoms with Gasteiger partial charge in [0, 0.05) is 6.04 Å². The molecule has 0 aromatic heterocycles. The molecule has 2 fully saturated rings. The number of carbonyl (C=O) groups excluding carboxylic acids is 2. The van der Waals surface area contributed by atoms with Crippen LogP contribution in [0.15, 0.2) is 0 Å². The monoisotopic (exact) mass is 283 g/mol. The summed E-state index contributed by atoms with van der Waals surface area (Å²) >= 11 is 0. The lowest BCUT2D eigenvalue weighted by atomic mass is 9.80. The summed E-state index contributed by atoms with van der Waals surface area (Å²) in [6.45, 7) is 5.52. The van der Waals surface area contributed by atoms with Crippen LogP contribution >= 0.6 is 0 Å². The second-order valence-electron chi connectivity index (χ2n) is 7.02. The summed E-state index contributed by atoms with van der Waals surface area (Å²) in [6, 6.07) is 0.00856. The number of alkyl carbamates (subject to hydrolysis) is 1. The number of carbonyl (C=O) groups is 2. The van der Waals surface area contributed by atoms with E-state index in [1.165, 1.54) is 7.11 Å². The Morgan fingerprint density at radius 1 is 1.30 bits per heavy atom. The molecule has 0 aromatic rings. The third kappa shape index (κ3) is 2.91. The molecule has 1 amide bonds. The Labute approximate surface area is 120 Å². The zero-order valence-corrected chi connectivity index (χ0v) is 12.8. The van der Waals surface area contributed by atoms with Gasteiger partial charge in [-0.3, -0.25) is 4.79 Å². The minimum absolute atomic E-state index is 0.00856. The highest BCUT2D eigenvalue weighted by molar-refractivity contribution is 5.78. The Kier molecular flexibility index (Phi) is 3.98. The second-order valence-corrected chi connectivity index (χ2v) is 7.02. The standard InChI is InChI=1S/C15H25NO4/c1-14(2,3)20-13(18)16-11-8-10-6-5-7-15(10,9-11)12(17)19-4/h10-11H,5-9H2,1-4H3,(H,16,18). The molecule has 0 heterocycles. The molecule has 114 valence electrons. The summed E-state index contributed by atoms with van der Waals surface area (Å²) in [6.07, 6.45) is 4.09. The van der Waals surface area contributed by atoms with Crippen LogP contribution < -0.4 is 5.32 Å². The van der Waals surface area contributed by atoms with Crippen LogP contribution in [0.3, 0.4) is 0 Å². The third-order valence-corrected chi connectivity index (χ3v) is 4.45. The molecule has 0 saturated heterocycles. The number of ether oxygens (including phenoxy) is 2. The zero-order valence-electron chi connectivity index (χ0n) is 12.8. The smallest absolute Gasteiger partial charge is 0.407 e. The van der Waals surface area contributed by atoms with Crippen molar-refractivity contribution in [3.63, 3.8) is 0 Å². The molecule has 0 aromatic carbocycles. The number of methoxy groups -OCH3 is 1. The predicted molar refractivity (Wildman–Crippen MR) is 74.2 cm³/mol. The van der Waals surface area contributed by atoms with E-state index in [1.807, 2.05) is 20.8 Å². The predicted octanol–water partition coefficient (Wildman–Crippen LogP) is 2.63. The van der Waals surface area contributed by atoms with Gasteiger partial charge < -0.3 is 14.8 Å². The molecule has 0 aliphatic heterocycles. The van der Waals surface area contributed by atoms with Crippen molar-refractivity contribution in [3.8, 4) is 0 Å². The molecule has 2 saturated carbocycles. The molecule has 3 atom stereocenters. The van der Waals surface area contributed by atoms with E-state index in [0.29, 0.717) is 12.3 Å². The second kappa shape index (κ2) is 5.26. The van der Waals surface area contributed by atoms with Gasteiger partial charge in [-0.05, 0) is 52.4 Å². The molecule has 5 heteroatoms. The van der Waals surface area contributed by atoms with Crippen molar-refractivity contribution in [1.29, 1.82) is 0 Å². The van der Waals surface area contributed by atoms with Gasteiger partial charge in [0.2, 0.25) is 0 Å². The van der Waals surface area contributed by atoms with Gasteiger partial charge in [0.25, 0.3) is 0 Å². The van der Waals surface area contributed by atoms with Gasteiger partial charge in [0.15, 0.2) is 0 Å². The first kappa shape index (κ1) is 15.1. The Morgan fingerprint density at radius 2 is 2.00 bits per heavy atom. The lowest BCUT2D eigenvalue weighted by Crippen LogP contribution is -2.39. The Morgan fingerprint density at radius 3 is 2.60 bits per heavy atom. The fourth-order valence-corrected chi connectivity index (χ4v) is 3.76. The van der Waals surface area contributed by atoms with Gasteiger partial charge >= 0.3 is 12.1 Å². The number of esters is 1. The van der Waals surface area contributed by atoms with Crippen LogP contribution in [0, 0.1) is 11.3 Å². The zero-order chi connectivity index (χ0) is 15.0. The first-order chi connectivity index (χ1) is 9.27. The summed E-state index contributed by atoms with van der Waals surface area (Å²) in [5.41, 5.74) is -0.882. The molecular weight excluding hydrogens is 258 g/mol. The van der Waals surface area contributed by atoms with E-state index in [1.54, 1.807) is 0 Å². The SMILES string of the molecule is COC(=O)C12CCCC1CC(NC(=O)OC(C)(C)C)C2. The molecule has 3 unspecified atom stereocenters. The van der Waals surface area contributed by atoms with Crippen LogP contribution in [0.2, 0.25) is 0 Å². The molecule has 2 aliphatic carbocycles. The average Bonchev–Trinajstić information content (AvgIpc) is 2.82. The summed E-state index contributed by atoms with van der Waals surface area (Å²) in [4.78, 5) is 23.9. The van der Waals surface area contributed by atoms with Gasteiger partial charge in [0.1, 0.15) is 5.60 Å². The molecule has 1 N–H and O–H groups in total. The number of hydrogen-bond acceptors (Lipinski definition) is 4. The molecule has 5 nitrogen and oxygen atoms in total. The van der Waals surface area contributed by atoms with Crippen molar-refractivity contribution in [2.24, 2.45) is 11.3 Å². The van der Waals surface area contributed by atoms with Gasteiger partial charge in [-0.25, -0.2) is 4.79 Å². The highest BCUT2D eigenvalue weighted by atomic mass is 16.6. The van der Waals surface area contributed by atoms with Crippen LogP contribution in [-0.2, 0) is 14.3 Å². The summed E-state index contributed by atoms with van der Waals surface area (Å²) < 4.78 is 10.3. The molecule has 2 aliphatic rings. The first-order valence-corrected chi connectivity index (χ1v) is 7.35. The highest BCUT2D eigenvalue weighted by Crippen LogP contribution is 2.54. The highest BCUT2D eigenvalue weighted by Gasteiger charge is 2.56. The number of nitrogens with one attached hydrogen (secondary N) is 1. The van der Waals surface area contributed by atoms with Crippen LogP contribution in [0.5, 0.6) is 0 Å². The molecule has 20 heavy (non-hydrogen) atoms. The Hall–Kier alpha value is -1.26. The van der Waals surface area contributed by atoms with Crippen molar-refractivity contribution in [2.45, 2.75) is 64.5 Å². The largest absolute Gasteiger partial charge is 0.469 e. The maximum Gasteiger partial charge on any atom is 0.407 e. The lowest BCUT2D eigenvalue weighted by Gasteiger charge is -2.26. The molecule has 0 bridgehead atoms. The van der Waals surface area contributed by atoms with Gasteiger partial charge in [-0.1, -0.05) is 6.42 Å². The van der Waals surface area contributed by atoms with Crippen molar-refractivity contribution in [3.05, 3.63) is 0 Å². The van der Waals surface area contributed by atoms with Gasteiger partial charge in [-0.15, -0.1) is 0 Å². The number of fused-ring (bicyclic) bond motifs is 1. The molecule has 0 spiro atoms. The first-order valence-electron chi connectivity index (χ1n) is 7.35. The van der Waals surface area contributed by atoms with E-state index in [9.17, 15) is 9.59 Å². The van der Waals surface area contributed by atoms with Crippen LogP contribution in [0.1, 0.15) is 52.9 Å². The fraction of sp³-hybridized carbons (Fsp3) is 0.867. The van der Waals surface area contributed by atoms with Crippen LogP contribution in [0.4, 0.5) is 4.79 Å². The molecular formula is C15H25NO4. The number of amides is 1. The van der Waals surface area contributed by atoms with Crippen molar-refractivity contribution < 1.29 is 19.1 Å². The van der Waals surface area contributed by atoms with E-state index >= 15 is 0 Å². The Balaban J connectivity index is 1.98. The van der Waals surface area contributed by atoms with Crippen LogP contribution in [-0.4, -0.2) is 30.8 Å². The number of rotatable bonds is 2. The average molecular weight is 283 g/mol. The maximum absolute atomic E-state index is 12.1. The summed E-state index contributed by atoms with van der Waals surface area (Å²) in [5, 5.41) is 2.90. The van der Waals surface area contributed by atoms with E-state index in [0.717, 1.165) is 25.7 Å². The Bertz CT molecular complexity index is 401. The van der Waals surface area contributed by atoms with E-state index < -0.39 is 11.7 Å². The quantitative estimate of drug-likeness (QED) is 0.791. The van der Waals surface area contributed by atoms with Gasteiger partial charge in [0.05, 0.1) is 12.5 Å².